The van der Waals surface area contributed by atoms with Crippen LogP contribution in [0.2, 0.25) is 0 Å². The maximum Gasteiger partial charge on any atom is 0.316 e. The molecule has 0 saturated carbocycles. The van der Waals surface area contributed by atoms with E-state index in [-0.39, 0.29) is 22.2 Å². The van der Waals surface area contributed by atoms with Gasteiger partial charge >= 0.3 is 5.97 Å². The van der Waals surface area contributed by atoms with Crippen molar-refractivity contribution in [2.24, 2.45) is 0 Å². The van der Waals surface area contributed by atoms with E-state index in [1.54, 1.807) is 6.92 Å². The number of hydrogen-bond donors (Lipinski definition) is 1. The highest BCUT2D eigenvalue weighted by Crippen LogP contribution is 2.23. The van der Waals surface area contributed by atoms with Crippen LogP contribution in [0.25, 0.3) is 0 Å². The molecule has 1 fully saturated rings. The molecule has 0 radical (unpaired) electrons. The highest BCUT2D eigenvalue weighted by molar-refractivity contribution is 8.00. The first kappa shape index (κ1) is 19.6. The summed E-state index contributed by atoms with van der Waals surface area (Å²) in [6.45, 7) is 1.04. The summed E-state index contributed by atoms with van der Waals surface area (Å²) in [5, 5.41) is 2.54. The molecule has 0 unspecified atom stereocenters. The Hall–Kier alpha value is -1.68. The SMILES string of the molecule is C[C@@]1(NC(=O)COC(=O)CSc2cc(F)ccc2F)CCS(=O)(=O)C1. The molecule has 1 aliphatic rings. The molecule has 1 aromatic rings. The van der Waals surface area contributed by atoms with Crippen LogP contribution in [0.1, 0.15) is 13.3 Å². The van der Waals surface area contributed by atoms with Gasteiger partial charge < -0.3 is 10.1 Å². The minimum atomic E-state index is -3.17. The van der Waals surface area contributed by atoms with Crippen molar-refractivity contribution in [3.8, 4) is 0 Å². The average molecular weight is 393 g/mol. The minimum Gasteiger partial charge on any atom is -0.455 e. The van der Waals surface area contributed by atoms with Gasteiger partial charge in [-0.15, -0.1) is 11.8 Å². The summed E-state index contributed by atoms with van der Waals surface area (Å²) in [6, 6.07) is 2.88. The zero-order valence-corrected chi connectivity index (χ0v) is 15.0. The van der Waals surface area contributed by atoms with E-state index in [9.17, 15) is 26.8 Å². The van der Waals surface area contributed by atoms with Crippen LogP contribution in [0.5, 0.6) is 0 Å². The third-order valence-corrected chi connectivity index (χ3v) is 6.45. The molecule has 10 heteroatoms. The van der Waals surface area contributed by atoms with Crippen molar-refractivity contribution in [3.05, 3.63) is 29.8 Å². The lowest BCUT2D eigenvalue weighted by Crippen LogP contribution is -2.48. The van der Waals surface area contributed by atoms with Crippen LogP contribution in [-0.2, 0) is 24.2 Å². The van der Waals surface area contributed by atoms with Gasteiger partial charge in [0.25, 0.3) is 5.91 Å². The molecule has 6 nitrogen and oxygen atoms in total. The van der Waals surface area contributed by atoms with Gasteiger partial charge in [-0.05, 0) is 31.5 Å². The molecule has 0 spiro atoms. The highest BCUT2D eigenvalue weighted by atomic mass is 32.2. The molecular formula is C15H17F2NO5S2. The van der Waals surface area contributed by atoms with Crippen LogP contribution in [0, 0.1) is 11.6 Å². The van der Waals surface area contributed by atoms with E-state index >= 15 is 0 Å². The number of carbonyl (C=O) groups excluding carboxylic acids is 2. The summed E-state index contributed by atoms with van der Waals surface area (Å²) >= 11 is 0.752. The number of nitrogens with one attached hydrogen (secondary N) is 1. The molecule has 25 heavy (non-hydrogen) atoms. The molecule has 1 heterocycles. The van der Waals surface area contributed by atoms with Gasteiger partial charge in [0.15, 0.2) is 16.4 Å². The quantitative estimate of drug-likeness (QED) is 0.579. The van der Waals surface area contributed by atoms with E-state index in [0.717, 1.165) is 30.0 Å². The van der Waals surface area contributed by atoms with E-state index in [2.05, 4.69) is 5.32 Å². The summed E-state index contributed by atoms with van der Waals surface area (Å²) in [5.74, 6) is -3.13. The minimum absolute atomic E-state index is 0.000588. The van der Waals surface area contributed by atoms with Crippen LogP contribution < -0.4 is 5.32 Å². The summed E-state index contributed by atoms with van der Waals surface area (Å²) in [7, 11) is -3.17. The second-order valence-electron chi connectivity index (χ2n) is 5.97. The molecule has 2 rings (SSSR count). The summed E-state index contributed by atoms with van der Waals surface area (Å²) in [6.07, 6.45) is 0.295. The molecular weight excluding hydrogens is 376 g/mol. The maximum absolute atomic E-state index is 13.4. The van der Waals surface area contributed by atoms with Crippen LogP contribution in [0.15, 0.2) is 23.1 Å². The lowest BCUT2D eigenvalue weighted by Gasteiger charge is -2.23. The fourth-order valence-electron chi connectivity index (χ4n) is 2.39. The lowest BCUT2D eigenvalue weighted by atomic mass is 10.0. The average Bonchev–Trinajstić information content (AvgIpc) is 2.79. The highest BCUT2D eigenvalue weighted by Gasteiger charge is 2.39. The summed E-state index contributed by atoms with van der Waals surface area (Å²) in [5.41, 5.74) is -0.873. The van der Waals surface area contributed by atoms with Crippen LogP contribution >= 0.6 is 11.8 Å². The predicted molar refractivity (Wildman–Crippen MR) is 87.9 cm³/mol. The molecule has 1 N–H and O–H groups in total. The van der Waals surface area contributed by atoms with Gasteiger partial charge in [0.2, 0.25) is 0 Å². The molecule has 1 atom stereocenters. The Morgan fingerprint density at radius 2 is 2.08 bits per heavy atom. The standard InChI is InChI=1S/C15H17F2NO5S2/c1-15(4-5-25(21,22)9-15)18-13(19)7-23-14(20)8-24-12-6-10(16)2-3-11(12)17/h2-3,6H,4-5,7-9H2,1H3,(H,18,19)/t15-/m1/s1. The Morgan fingerprint density at radius 3 is 2.72 bits per heavy atom. The molecule has 138 valence electrons. The van der Waals surface area contributed by atoms with Crippen LogP contribution in [-0.4, -0.2) is 49.7 Å². The van der Waals surface area contributed by atoms with E-state index in [0.29, 0.717) is 6.42 Å². The number of amides is 1. The van der Waals surface area contributed by atoms with Gasteiger partial charge in [0.1, 0.15) is 11.6 Å². The Balaban J connectivity index is 1.76. The molecule has 0 aromatic heterocycles. The third kappa shape index (κ3) is 5.96. The second-order valence-corrected chi connectivity index (χ2v) is 9.18. The molecule has 0 aliphatic carbocycles. The van der Waals surface area contributed by atoms with Crippen molar-refractivity contribution < 1.29 is 31.5 Å². The first-order valence-electron chi connectivity index (χ1n) is 7.33. The Labute approximate surface area is 148 Å². The normalized spacial score (nSPS) is 21.7. The van der Waals surface area contributed by atoms with Gasteiger partial charge in [0.05, 0.1) is 22.8 Å². The molecule has 1 saturated heterocycles. The third-order valence-electron chi connectivity index (χ3n) is 3.55. The maximum atomic E-state index is 13.4. The van der Waals surface area contributed by atoms with E-state index in [1.165, 1.54) is 0 Å². The van der Waals surface area contributed by atoms with E-state index in [1.807, 2.05) is 0 Å². The van der Waals surface area contributed by atoms with Gasteiger partial charge in [-0.25, -0.2) is 17.2 Å². The second kappa shape index (κ2) is 7.69. The van der Waals surface area contributed by atoms with E-state index in [4.69, 9.17) is 4.74 Å². The number of ether oxygens (including phenoxy) is 1. The number of thioether (sulfide) groups is 1. The van der Waals surface area contributed by atoms with Crippen molar-refractivity contribution in [3.63, 3.8) is 0 Å². The first-order chi connectivity index (χ1) is 11.6. The van der Waals surface area contributed by atoms with Crippen molar-refractivity contribution in [2.45, 2.75) is 23.8 Å². The van der Waals surface area contributed by atoms with Crippen molar-refractivity contribution in [1.29, 1.82) is 0 Å². The predicted octanol–water partition coefficient (Wildman–Crippen LogP) is 1.29. The number of hydrogen-bond acceptors (Lipinski definition) is 6. The molecule has 1 aliphatic heterocycles. The Morgan fingerprint density at radius 1 is 1.36 bits per heavy atom. The lowest BCUT2D eigenvalue weighted by molar-refractivity contribution is -0.146. The van der Waals surface area contributed by atoms with Gasteiger partial charge in [-0.1, -0.05) is 0 Å². The van der Waals surface area contributed by atoms with Crippen LogP contribution in [0.4, 0.5) is 8.78 Å². The summed E-state index contributed by atoms with van der Waals surface area (Å²) in [4.78, 5) is 23.4. The monoisotopic (exact) mass is 393 g/mol. The number of rotatable bonds is 6. The van der Waals surface area contributed by atoms with Gasteiger partial charge in [0, 0.05) is 4.90 Å². The zero-order chi connectivity index (χ0) is 18.7. The van der Waals surface area contributed by atoms with Crippen molar-refractivity contribution in [2.75, 3.05) is 23.9 Å². The number of halogens is 2. The van der Waals surface area contributed by atoms with Crippen molar-refractivity contribution >= 4 is 33.5 Å². The number of benzene rings is 1. The fourth-order valence-corrected chi connectivity index (χ4v) is 5.25. The number of esters is 1. The smallest absolute Gasteiger partial charge is 0.316 e. The van der Waals surface area contributed by atoms with E-state index < -0.39 is 45.5 Å². The molecule has 0 bridgehead atoms. The fraction of sp³-hybridized carbons (Fsp3) is 0.467. The van der Waals surface area contributed by atoms with Gasteiger partial charge in [-0.3, -0.25) is 9.59 Å². The van der Waals surface area contributed by atoms with Crippen molar-refractivity contribution in [1.82, 2.24) is 5.32 Å². The number of carbonyl (C=O) groups is 2. The van der Waals surface area contributed by atoms with Crippen LogP contribution in [0.3, 0.4) is 0 Å². The van der Waals surface area contributed by atoms with Gasteiger partial charge in [-0.2, -0.15) is 0 Å². The Bertz CT molecular complexity index is 784. The molecule has 1 amide bonds. The molecule has 1 aromatic carbocycles. The largest absolute Gasteiger partial charge is 0.455 e. The number of sulfone groups is 1. The Kier molecular flexibility index (Phi) is 6.04. The zero-order valence-electron chi connectivity index (χ0n) is 13.4. The topological polar surface area (TPSA) is 89.5 Å². The first-order valence-corrected chi connectivity index (χ1v) is 10.1. The summed E-state index contributed by atoms with van der Waals surface area (Å²) < 4.78 is 54.1.